The predicted molar refractivity (Wildman–Crippen MR) is 168 cm³/mol. The van der Waals surface area contributed by atoms with Crippen LogP contribution in [0.15, 0.2) is 0 Å². The highest BCUT2D eigenvalue weighted by Gasteiger charge is 2.04. The maximum atomic E-state index is 2.50. The summed E-state index contributed by atoms with van der Waals surface area (Å²) in [6, 6.07) is 0. The van der Waals surface area contributed by atoms with Crippen molar-refractivity contribution in [3.63, 3.8) is 0 Å². The molecule has 0 aliphatic carbocycles. The van der Waals surface area contributed by atoms with Crippen molar-refractivity contribution >= 4 is 0 Å². The molecule has 36 heavy (non-hydrogen) atoms. The number of hydrogen-bond acceptors (Lipinski definition) is 0. The first-order chi connectivity index (χ1) is 17.7. The van der Waals surface area contributed by atoms with Crippen LogP contribution in [0.4, 0.5) is 0 Å². The Bertz CT molecular complexity index is 372. The molecule has 0 aliphatic heterocycles. The molecule has 0 aromatic heterocycles. The third kappa shape index (κ3) is 30.2. The van der Waals surface area contributed by atoms with Crippen LogP contribution < -0.4 is 0 Å². The first-order valence-corrected chi connectivity index (χ1v) is 17.7. The van der Waals surface area contributed by atoms with Gasteiger partial charge in [-0.1, -0.05) is 220 Å². The number of unbranched alkanes of at least 4 members (excludes halogenated alkanes) is 23. The van der Waals surface area contributed by atoms with E-state index in [1.807, 2.05) is 0 Å². The fraction of sp³-hybridized carbons (Fsp3) is 1.00. The molecule has 0 N–H and O–H groups in total. The zero-order valence-corrected chi connectivity index (χ0v) is 26.4. The van der Waals surface area contributed by atoms with E-state index in [1.165, 1.54) is 193 Å². The van der Waals surface area contributed by atoms with Gasteiger partial charge in [0, 0.05) is 0 Å². The van der Waals surface area contributed by atoms with E-state index in [0.29, 0.717) is 0 Å². The summed E-state index contributed by atoms with van der Waals surface area (Å²) in [5.41, 5.74) is 0. The van der Waals surface area contributed by atoms with Crippen molar-refractivity contribution in [2.45, 2.75) is 220 Å². The Kier molecular flexibility index (Phi) is 31.2. The minimum Gasteiger partial charge on any atom is -0.0654 e. The quantitative estimate of drug-likeness (QED) is 0.0820. The van der Waals surface area contributed by atoms with Gasteiger partial charge in [0.1, 0.15) is 0 Å². The molecule has 0 fully saturated rings. The van der Waals surface area contributed by atoms with E-state index in [1.54, 1.807) is 0 Å². The van der Waals surface area contributed by atoms with Gasteiger partial charge in [0.05, 0.1) is 0 Å². The smallest absolute Gasteiger partial charge is 0.0443 e. The average molecular weight is 507 g/mol. The number of rotatable bonds is 31. The molecule has 0 heteroatoms. The Morgan fingerprint density at radius 3 is 0.667 bits per heavy atom. The molecule has 218 valence electrons. The van der Waals surface area contributed by atoms with Crippen LogP contribution in [0.25, 0.3) is 0 Å². The summed E-state index contributed by atoms with van der Waals surface area (Å²) in [6.45, 7) is 9.60. The molecule has 0 aromatic carbocycles. The molecular formula is C36H74. The van der Waals surface area contributed by atoms with Crippen molar-refractivity contribution in [2.24, 2.45) is 11.8 Å². The lowest BCUT2D eigenvalue weighted by atomic mass is 9.94. The maximum Gasteiger partial charge on any atom is -0.0443 e. The molecule has 0 nitrogen and oxygen atoms in total. The minimum atomic E-state index is 0.962. The molecule has 0 heterocycles. The van der Waals surface area contributed by atoms with Crippen LogP contribution in [-0.2, 0) is 0 Å². The van der Waals surface area contributed by atoms with Crippen LogP contribution in [0.2, 0.25) is 0 Å². The second-order valence-electron chi connectivity index (χ2n) is 12.9. The van der Waals surface area contributed by atoms with Gasteiger partial charge in [0.25, 0.3) is 0 Å². The Hall–Kier alpha value is 0. The van der Waals surface area contributed by atoms with Gasteiger partial charge in [-0.05, 0) is 11.8 Å². The molecule has 2 atom stereocenters. The SMILES string of the molecule is CCCCCCCCCCCCCCCCCCCCCC(C)CCCCCCC(C)CCCCC. The standard InChI is InChI=1S/C36H74/c1-5-7-9-10-11-12-13-14-15-16-17-18-19-20-21-22-23-24-28-32-36(4)34-30-26-25-29-33-35(3)31-27-8-6-2/h35-36H,5-34H2,1-4H3. The van der Waals surface area contributed by atoms with Crippen LogP contribution >= 0.6 is 0 Å². The molecule has 0 aliphatic rings. The molecule has 0 rings (SSSR count). The lowest BCUT2D eigenvalue weighted by molar-refractivity contribution is 0.414. The van der Waals surface area contributed by atoms with Gasteiger partial charge in [-0.15, -0.1) is 0 Å². The summed E-state index contributed by atoms with van der Waals surface area (Å²) in [5.74, 6) is 1.92. The van der Waals surface area contributed by atoms with Crippen molar-refractivity contribution in [2.75, 3.05) is 0 Å². The highest BCUT2D eigenvalue weighted by molar-refractivity contribution is 4.58. The Morgan fingerprint density at radius 2 is 0.417 bits per heavy atom. The highest BCUT2D eigenvalue weighted by atomic mass is 14.1. The molecule has 0 saturated carbocycles. The van der Waals surface area contributed by atoms with Gasteiger partial charge in [-0.3, -0.25) is 0 Å². The molecule has 0 bridgehead atoms. The van der Waals surface area contributed by atoms with Crippen molar-refractivity contribution in [1.29, 1.82) is 0 Å². The van der Waals surface area contributed by atoms with Crippen molar-refractivity contribution < 1.29 is 0 Å². The normalized spacial score (nSPS) is 13.3. The van der Waals surface area contributed by atoms with Gasteiger partial charge < -0.3 is 0 Å². The first kappa shape index (κ1) is 36.0. The summed E-state index contributed by atoms with van der Waals surface area (Å²) >= 11 is 0. The second kappa shape index (κ2) is 31.2. The Balaban J connectivity index is 3.18. The van der Waals surface area contributed by atoms with E-state index in [-0.39, 0.29) is 0 Å². The summed E-state index contributed by atoms with van der Waals surface area (Å²) < 4.78 is 0. The van der Waals surface area contributed by atoms with Crippen molar-refractivity contribution in [3.05, 3.63) is 0 Å². The molecule has 2 unspecified atom stereocenters. The van der Waals surface area contributed by atoms with Gasteiger partial charge in [-0.25, -0.2) is 0 Å². The molecule has 0 aromatic rings. The predicted octanol–water partition coefficient (Wildman–Crippen LogP) is 14.0. The molecule has 0 spiro atoms. The van der Waals surface area contributed by atoms with Crippen LogP contribution in [-0.4, -0.2) is 0 Å². The zero-order valence-electron chi connectivity index (χ0n) is 26.4. The van der Waals surface area contributed by atoms with Crippen LogP contribution in [0.5, 0.6) is 0 Å². The lowest BCUT2D eigenvalue weighted by Crippen LogP contribution is -1.96. The fourth-order valence-corrected chi connectivity index (χ4v) is 5.94. The van der Waals surface area contributed by atoms with Crippen molar-refractivity contribution in [3.8, 4) is 0 Å². The first-order valence-electron chi connectivity index (χ1n) is 17.7. The fourth-order valence-electron chi connectivity index (χ4n) is 5.94. The minimum absolute atomic E-state index is 0.962. The van der Waals surface area contributed by atoms with Crippen molar-refractivity contribution in [1.82, 2.24) is 0 Å². The van der Waals surface area contributed by atoms with Gasteiger partial charge >= 0.3 is 0 Å². The lowest BCUT2D eigenvalue weighted by Gasteiger charge is -2.12. The van der Waals surface area contributed by atoms with Gasteiger partial charge in [-0.2, -0.15) is 0 Å². The third-order valence-corrected chi connectivity index (χ3v) is 8.74. The Labute approximate surface area is 232 Å². The van der Waals surface area contributed by atoms with E-state index in [0.717, 1.165) is 11.8 Å². The average Bonchev–Trinajstić information content (AvgIpc) is 2.87. The van der Waals surface area contributed by atoms with Crippen LogP contribution in [0, 0.1) is 11.8 Å². The number of hydrogen-bond donors (Lipinski definition) is 0. The van der Waals surface area contributed by atoms with E-state index in [2.05, 4.69) is 27.7 Å². The van der Waals surface area contributed by atoms with Crippen LogP contribution in [0.1, 0.15) is 220 Å². The molecule has 0 saturated heterocycles. The van der Waals surface area contributed by atoms with Gasteiger partial charge in [0.2, 0.25) is 0 Å². The van der Waals surface area contributed by atoms with E-state index in [9.17, 15) is 0 Å². The zero-order chi connectivity index (χ0) is 26.4. The van der Waals surface area contributed by atoms with E-state index >= 15 is 0 Å². The monoisotopic (exact) mass is 507 g/mol. The van der Waals surface area contributed by atoms with E-state index in [4.69, 9.17) is 0 Å². The Morgan fingerprint density at radius 1 is 0.250 bits per heavy atom. The summed E-state index contributed by atoms with van der Waals surface area (Å²) in [7, 11) is 0. The third-order valence-electron chi connectivity index (χ3n) is 8.74. The topological polar surface area (TPSA) is 0 Å². The maximum absolute atomic E-state index is 2.50. The highest BCUT2D eigenvalue weighted by Crippen LogP contribution is 2.21. The molecule has 0 amide bonds. The second-order valence-corrected chi connectivity index (χ2v) is 12.9. The molecular weight excluding hydrogens is 432 g/mol. The van der Waals surface area contributed by atoms with Crippen LogP contribution in [0.3, 0.4) is 0 Å². The largest absolute Gasteiger partial charge is 0.0654 e. The summed E-state index contributed by atoms with van der Waals surface area (Å²) in [5, 5.41) is 0. The summed E-state index contributed by atoms with van der Waals surface area (Å²) in [6.07, 6.45) is 44.1. The van der Waals surface area contributed by atoms with Gasteiger partial charge in [0.15, 0.2) is 0 Å². The summed E-state index contributed by atoms with van der Waals surface area (Å²) in [4.78, 5) is 0. The molecule has 0 radical (unpaired) electrons. The van der Waals surface area contributed by atoms with E-state index < -0.39 is 0 Å².